The second-order valence-corrected chi connectivity index (χ2v) is 3.51. The van der Waals surface area contributed by atoms with E-state index in [-0.39, 0.29) is 5.97 Å². The second kappa shape index (κ2) is 6.54. The van der Waals surface area contributed by atoms with E-state index in [4.69, 9.17) is 4.84 Å². The molecule has 0 aliphatic carbocycles. The van der Waals surface area contributed by atoms with E-state index in [0.717, 1.165) is 45.1 Å². The molecule has 0 aromatic heterocycles. The minimum Gasteiger partial charge on any atom is -0.368 e. The first kappa shape index (κ1) is 11.2. The molecule has 1 fully saturated rings. The molecule has 1 aliphatic heterocycles. The van der Waals surface area contributed by atoms with Gasteiger partial charge in [0.15, 0.2) is 0 Å². The van der Waals surface area contributed by atoms with Gasteiger partial charge < -0.3 is 9.63 Å². The molecule has 0 spiro atoms. The van der Waals surface area contributed by atoms with E-state index in [2.05, 4.69) is 0 Å². The van der Waals surface area contributed by atoms with Crippen LogP contribution in [-0.2, 0) is 14.4 Å². The van der Waals surface area contributed by atoms with Gasteiger partial charge in [0.2, 0.25) is 0 Å². The summed E-state index contributed by atoms with van der Waals surface area (Å²) in [5.41, 5.74) is 0. The second-order valence-electron chi connectivity index (χ2n) is 3.51. The van der Waals surface area contributed by atoms with Crippen molar-refractivity contribution in [3.63, 3.8) is 0 Å². The molecule has 0 saturated carbocycles. The molecule has 0 atom stereocenters. The predicted molar refractivity (Wildman–Crippen MR) is 51.4 cm³/mol. The fourth-order valence-corrected chi connectivity index (χ4v) is 1.47. The third-order valence-corrected chi connectivity index (χ3v) is 2.25. The number of aldehydes is 1. The van der Waals surface area contributed by atoms with Crippen LogP contribution in [0, 0.1) is 0 Å². The zero-order valence-corrected chi connectivity index (χ0v) is 8.41. The van der Waals surface area contributed by atoms with Crippen molar-refractivity contribution in [1.82, 2.24) is 5.06 Å². The number of hydrogen-bond acceptors (Lipinski definition) is 4. The molecule has 1 aliphatic rings. The number of unbranched alkanes of at least 4 members (excludes halogenated alkanes) is 2. The Bertz CT molecular complexity index is 188. The standard InChI is InChI=1S/C10H17NO3/c12-9-5-1-2-6-10(13)14-11-7-3-4-8-11/h9H,1-8H2. The van der Waals surface area contributed by atoms with Crippen molar-refractivity contribution in [2.45, 2.75) is 38.5 Å². The molecule has 4 heteroatoms. The van der Waals surface area contributed by atoms with E-state index in [1.165, 1.54) is 0 Å². The molecule has 14 heavy (non-hydrogen) atoms. The fraction of sp³-hybridized carbons (Fsp3) is 0.800. The Morgan fingerprint density at radius 3 is 2.64 bits per heavy atom. The molecule has 0 aromatic carbocycles. The lowest BCUT2D eigenvalue weighted by Crippen LogP contribution is -2.23. The van der Waals surface area contributed by atoms with Crippen LogP contribution < -0.4 is 0 Å². The van der Waals surface area contributed by atoms with Crippen LogP contribution in [0.3, 0.4) is 0 Å². The Balaban J connectivity index is 2.00. The lowest BCUT2D eigenvalue weighted by Gasteiger charge is -2.13. The van der Waals surface area contributed by atoms with Crippen molar-refractivity contribution in [3.8, 4) is 0 Å². The maximum Gasteiger partial charge on any atom is 0.325 e. The predicted octanol–water partition coefficient (Wildman–Crippen LogP) is 1.30. The normalized spacial score (nSPS) is 16.9. The van der Waals surface area contributed by atoms with Crippen molar-refractivity contribution in [1.29, 1.82) is 0 Å². The van der Waals surface area contributed by atoms with E-state index < -0.39 is 0 Å². The Kier molecular flexibility index (Phi) is 5.22. The van der Waals surface area contributed by atoms with E-state index in [1.54, 1.807) is 5.06 Å². The molecular formula is C10H17NO3. The molecule has 0 amide bonds. The lowest BCUT2D eigenvalue weighted by molar-refractivity contribution is -0.185. The summed E-state index contributed by atoms with van der Waals surface area (Å²) < 4.78 is 0. The first-order chi connectivity index (χ1) is 6.83. The van der Waals surface area contributed by atoms with Crippen molar-refractivity contribution in [3.05, 3.63) is 0 Å². The van der Waals surface area contributed by atoms with Gasteiger partial charge in [0, 0.05) is 25.9 Å². The van der Waals surface area contributed by atoms with Crippen molar-refractivity contribution in [2.24, 2.45) is 0 Å². The first-order valence-electron chi connectivity index (χ1n) is 5.22. The summed E-state index contributed by atoms with van der Waals surface area (Å²) >= 11 is 0. The van der Waals surface area contributed by atoms with Crippen LogP contribution in [0.15, 0.2) is 0 Å². The Morgan fingerprint density at radius 2 is 2.00 bits per heavy atom. The Morgan fingerprint density at radius 1 is 1.29 bits per heavy atom. The molecule has 0 radical (unpaired) electrons. The maximum absolute atomic E-state index is 11.2. The first-order valence-corrected chi connectivity index (χ1v) is 5.22. The molecule has 80 valence electrons. The highest BCUT2D eigenvalue weighted by Crippen LogP contribution is 2.09. The molecule has 4 nitrogen and oxygen atoms in total. The van der Waals surface area contributed by atoms with E-state index >= 15 is 0 Å². The van der Waals surface area contributed by atoms with Gasteiger partial charge in [-0.2, -0.15) is 0 Å². The van der Waals surface area contributed by atoms with Crippen LogP contribution in [0.2, 0.25) is 0 Å². The van der Waals surface area contributed by atoms with Crippen LogP contribution in [0.25, 0.3) is 0 Å². The summed E-state index contributed by atoms with van der Waals surface area (Å²) in [5, 5.41) is 1.72. The van der Waals surface area contributed by atoms with Crippen molar-refractivity contribution in [2.75, 3.05) is 13.1 Å². The zero-order chi connectivity index (χ0) is 10.2. The number of rotatable bonds is 6. The van der Waals surface area contributed by atoms with Gasteiger partial charge in [-0.1, -0.05) is 0 Å². The largest absolute Gasteiger partial charge is 0.368 e. The van der Waals surface area contributed by atoms with Crippen LogP contribution in [-0.4, -0.2) is 30.4 Å². The SMILES string of the molecule is O=CCCCCC(=O)ON1CCCC1. The maximum atomic E-state index is 11.2. The monoisotopic (exact) mass is 199 g/mol. The highest BCUT2D eigenvalue weighted by molar-refractivity contribution is 5.69. The highest BCUT2D eigenvalue weighted by atomic mass is 16.7. The Labute approximate surface area is 84.2 Å². The summed E-state index contributed by atoms with van der Waals surface area (Å²) in [7, 11) is 0. The molecule has 1 rings (SSSR count). The number of hydroxylamine groups is 2. The molecule has 0 N–H and O–H groups in total. The highest BCUT2D eigenvalue weighted by Gasteiger charge is 2.15. The lowest BCUT2D eigenvalue weighted by atomic mass is 10.2. The van der Waals surface area contributed by atoms with E-state index in [0.29, 0.717) is 12.8 Å². The van der Waals surface area contributed by atoms with Gasteiger partial charge in [-0.05, 0) is 25.7 Å². The van der Waals surface area contributed by atoms with Crippen molar-refractivity contribution < 1.29 is 14.4 Å². The van der Waals surface area contributed by atoms with Gasteiger partial charge in [0.05, 0.1) is 0 Å². The minimum absolute atomic E-state index is 0.169. The number of carbonyl (C=O) groups is 2. The third-order valence-electron chi connectivity index (χ3n) is 2.25. The third kappa shape index (κ3) is 4.37. The van der Waals surface area contributed by atoms with Crippen LogP contribution in [0.1, 0.15) is 38.5 Å². The number of nitrogens with zero attached hydrogens (tertiary/aromatic N) is 1. The van der Waals surface area contributed by atoms with E-state index in [9.17, 15) is 9.59 Å². The molecular weight excluding hydrogens is 182 g/mol. The molecule has 0 aromatic rings. The molecule has 1 saturated heterocycles. The van der Waals surface area contributed by atoms with Crippen LogP contribution in [0.4, 0.5) is 0 Å². The van der Waals surface area contributed by atoms with Gasteiger partial charge in [0.1, 0.15) is 6.29 Å². The molecule has 1 heterocycles. The van der Waals surface area contributed by atoms with Gasteiger partial charge >= 0.3 is 5.97 Å². The van der Waals surface area contributed by atoms with Gasteiger partial charge in [-0.3, -0.25) is 4.79 Å². The van der Waals surface area contributed by atoms with Crippen LogP contribution >= 0.6 is 0 Å². The topological polar surface area (TPSA) is 46.6 Å². The average molecular weight is 199 g/mol. The fourth-order valence-electron chi connectivity index (χ4n) is 1.47. The van der Waals surface area contributed by atoms with Gasteiger partial charge in [-0.25, -0.2) is 0 Å². The van der Waals surface area contributed by atoms with Gasteiger partial charge in [0.25, 0.3) is 0 Å². The smallest absolute Gasteiger partial charge is 0.325 e. The number of carbonyl (C=O) groups excluding carboxylic acids is 2. The summed E-state index contributed by atoms with van der Waals surface area (Å²) in [6.45, 7) is 1.72. The quantitative estimate of drug-likeness (QED) is 0.478. The average Bonchev–Trinajstić information content (AvgIpc) is 2.65. The number of hydrogen-bond donors (Lipinski definition) is 0. The summed E-state index contributed by atoms with van der Waals surface area (Å²) in [6, 6.07) is 0. The summed E-state index contributed by atoms with van der Waals surface area (Å²) in [6.07, 6.45) is 5.58. The van der Waals surface area contributed by atoms with E-state index in [1.807, 2.05) is 0 Å². The Hall–Kier alpha value is -0.900. The summed E-state index contributed by atoms with van der Waals surface area (Å²) in [5.74, 6) is -0.169. The minimum atomic E-state index is -0.169. The van der Waals surface area contributed by atoms with Gasteiger partial charge in [-0.15, -0.1) is 5.06 Å². The van der Waals surface area contributed by atoms with Crippen molar-refractivity contribution >= 4 is 12.3 Å². The van der Waals surface area contributed by atoms with Crippen LogP contribution in [0.5, 0.6) is 0 Å². The molecule has 0 bridgehead atoms. The zero-order valence-electron chi connectivity index (χ0n) is 8.41. The summed E-state index contributed by atoms with van der Waals surface area (Å²) in [4.78, 5) is 26.3. The molecule has 0 unspecified atom stereocenters.